The molecule has 7 heteroatoms. The normalized spacial score (nSPS) is 10.1. The Morgan fingerprint density at radius 1 is 1.41 bits per heavy atom. The average Bonchev–Trinajstić information content (AvgIpc) is 2.32. The van der Waals surface area contributed by atoms with Crippen LogP contribution in [0.2, 0.25) is 0 Å². The van der Waals surface area contributed by atoms with E-state index in [0.717, 1.165) is 10.7 Å². The first kappa shape index (κ1) is 11.7. The molecule has 0 radical (unpaired) electrons. The molecule has 0 aliphatic heterocycles. The van der Waals surface area contributed by atoms with Gasteiger partial charge in [0.15, 0.2) is 0 Å². The number of aromatic nitrogens is 2. The number of hydrazine groups is 1. The van der Waals surface area contributed by atoms with E-state index in [1.807, 2.05) is 6.07 Å². The Morgan fingerprint density at radius 2 is 2.24 bits per heavy atom. The number of nitrogens with two attached hydrogens (primary N) is 1. The summed E-state index contributed by atoms with van der Waals surface area (Å²) >= 11 is 3.28. The van der Waals surface area contributed by atoms with E-state index in [0.29, 0.717) is 5.75 Å². The van der Waals surface area contributed by atoms with Gasteiger partial charge in [-0.3, -0.25) is 5.43 Å². The second-order valence-corrected chi connectivity index (χ2v) is 3.97. The van der Waals surface area contributed by atoms with Gasteiger partial charge in [0, 0.05) is 4.47 Å². The first-order valence-corrected chi connectivity index (χ1v) is 5.41. The van der Waals surface area contributed by atoms with E-state index in [1.54, 1.807) is 18.2 Å². The lowest BCUT2D eigenvalue weighted by molar-refractivity contribution is 0.420. The van der Waals surface area contributed by atoms with Crippen LogP contribution in [0.25, 0.3) is 0 Å². The molecule has 0 saturated carbocycles. The summed E-state index contributed by atoms with van der Waals surface area (Å²) in [5.74, 6) is 4.81. The summed E-state index contributed by atoms with van der Waals surface area (Å²) in [6, 6.07) is 6.97. The molecule has 0 bridgehead atoms. The van der Waals surface area contributed by atoms with Crippen LogP contribution in [-0.2, 0) is 0 Å². The Kier molecular flexibility index (Phi) is 3.50. The highest BCUT2D eigenvalue weighted by Crippen LogP contribution is 2.25. The maximum atomic E-state index is 13.4. The zero-order valence-electron chi connectivity index (χ0n) is 8.52. The lowest BCUT2D eigenvalue weighted by atomic mass is 10.3. The Bertz CT molecular complexity index is 537. The zero-order valence-corrected chi connectivity index (χ0v) is 10.1. The summed E-state index contributed by atoms with van der Waals surface area (Å²) in [6.45, 7) is 0. The van der Waals surface area contributed by atoms with Crippen LogP contribution in [0.1, 0.15) is 0 Å². The van der Waals surface area contributed by atoms with Gasteiger partial charge in [-0.2, -0.15) is 9.37 Å². The Balaban J connectivity index is 2.29. The molecule has 0 amide bonds. The number of anilines is 1. The minimum absolute atomic E-state index is 0.0800. The molecule has 17 heavy (non-hydrogen) atoms. The summed E-state index contributed by atoms with van der Waals surface area (Å²) in [5.41, 5.74) is 2.21. The summed E-state index contributed by atoms with van der Waals surface area (Å²) in [7, 11) is 0. The summed E-state index contributed by atoms with van der Waals surface area (Å²) < 4.78 is 19.5. The van der Waals surface area contributed by atoms with E-state index in [4.69, 9.17) is 10.6 Å². The van der Waals surface area contributed by atoms with Crippen molar-refractivity contribution in [2.75, 3.05) is 5.43 Å². The standard InChI is InChI=1S/C10H8BrFN4O/c11-6-2-1-3-7(4-6)17-9-8(12)5-14-10(15-9)16-13/h1-5H,13H2,(H,14,15,16). The average molecular weight is 299 g/mol. The molecule has 3 N–H and O–H groups in total. The number of nitrogen functional groups attached to an aromatic ring is 1. The quantitative estimate of drug-likeness (QED) is 0.673. The number of benzene rings is 1. The van der Waals surface area contributed by atoms with Gasteiger partial charge >= 0.3 is 0 Å². The second kappa shape index (κ2) is 5.07. The fraction of sp³-hybridized carbons (Fsp3) is 0. The highest BCUT2D eigenvalue weighted by molar-refractivity contribution is 9.10. The molecule has 1 heterocycles. The topological polar surface area (TPSA) is 73.1 Å². The number of nitrogens with one attached hydrogen (secondary N) is 1. The van der Waals surface area contributed by atoms with Crippen LogP contribution in [0.4, 0.5) is 10.3 Å². The van der Waals surface area contributed by atoms with Crippen molar-refractivity contribution in [3.8, 4) is 11.6 Å². The van der Waals surface area contributed by atoms with Crippen molar-refractivity contribution in [2.24, 2.45) is 5.84 Å². The van der Waals surface area contributed by atoms with Crippen molar-refractivity contribution in [1.29, 1.82) is 0 Å². The van der Waals surface area contributed by atoms with Crippen LogP contribution in [-0.4, -0.2) is 9.97 Å². The number of ether oxygens (including phenoxy) is 1. The highest BCUT2D eigenvalue weighted by atomic mass is 79.9. The van der Waals surface area contributed by atoms with Crippen LogP contribution in [0.3, 0.4) is 0 Å². The van der Waals surface area contributed by atoms with Gasteiger partial charge in [0.05, 0.1) is 6.20 Å². The molecule has 88 valence electrons. The van der Waals surface area contributed by atoms with E-state index >= 15 is 0 Å². The van der Waals surface area contributed by atoms with Crippen molar-refractivity contribution >= 4 is 21.9 Å². The van der Waals surface area contributed by atoms with Gasteiger partial charge in [-0.05, 0) is 18.2 Å². The van der Waals surface area contributed by atoms with Gasteiger partial charge in [-0.15, -0.1) is 0 Å². The number of rotatable bonds is 3. The van der Waals surface area contributed by atoms with Crippen LogP contribution < -0.4 is 16.0 Å². The van der Waals surface area contributed by atoms with Crippen molar-refractivity contribution in [3.63, 3.8) is 0 Å². The molecule has 2 rings (SSSR count). The van der Waals surface area contributed by atoms with E-state index in [9.17, 15) is 4.39 Å². The first-order valence-electron chi connectivity index (χ1n) is 4.61. The van der Waals surface area contributed by atoms with E-state index in [-0.39, 0.29) is 11.8 Å². The fourth-order valence-corrected chi connectivity index (χ4v) is 1.51. The van der Waals surface area contributed by atoms with Gasteiger partial charge in [-0.25, -0.2) is 10.8 Å². The monoisotopic (exact) mass is 298 g/mol. The van der Waals surface area contributed by atoms with Crippen molar-refractivity contribution in [2.45, 2.75) is 0 Å². The molecular formula is C10H8BrFN4O. The number of nitrogens with zero attached hydrogens (tertiary/aromatic N) is 2. The number of halogens is 2. The molecule has 1 aromatic carbocycles. The van der Waals surface area contributed by atoms with E-state index < -0.39 is 5.82 Å². The van der Waals surface area contributed by atoms with E-state index in [2.05, 4.69) is 31.3 Å². The minimum atomic E-state index is -0.663. The SMILES string of the molecule is NNc1ncc(F)c(Oc2cccc(Br)c2)n1. The molecule has 0 fully saturated rings. The third-order valence-corrected chi connectivity index (χ3v) is 2.34. The van der Waals surface area contributed by atoms with Gasteiger partial charge < -0.3 is 4.74 Å². The summed E-state index contributed by atoms with van der Waals surface area (Å²) in [5, 5.41) is 0. The largest absolute Gasteiger partial charge is 0.436 e. The summed E-state index contributed by atoms with van der Waals surface area (Å²) in [6.07, 6.45) is 0.982. The van der Waals surface area contributed by atoms with Gasteiger partial charge in [0.1, 0.15) is 5.75 Å². The maximum Gasteiger partial charge on any atom is 0.260 e. The van der Waals surface area contributed by atoms with Crippen molar-refractivity contribution < 1.29 is 9.13 Å². The van der Waals surface area contributed by atoms with Crippen LogP contribution in [0.5, 0.6) is 11.6 Å². The molecule has 0 saturated heterocycles. The molecule has 2 aromatic rings. The smallest absolute Gasteiger partial charge is 0.260 e. The second-order valence-electron chi connectivity index (χ2n) is 3.05. The van der Waals surface area contributed by atoms with Gasteiger partial charge in [0.2, 0.25) is 11.8 Å². The lowest BCUT2D eigenvalue weighted by Gasteiger charge is -2.06. The summed E-state index contributed by atoms with van der Waals surface area (Å²) in [4.78, 5) is 7.36. The minimum Gasteiger partial charge on any atom is -0.436 e. The molecule has 0 spiro atoms. The van der Waals surface area contributed by atoms with Gasteiger partial charge in [-0.1, -0.05) is 22.0 Å². The molecule has 0 unspecified atom stereocenters. The molecule has 1 aromatic heterocycles. The lowest BCUT2D eigenvalue weighted by Crippen LogP contribution is -2.11. The third-order valence-electron chi connectivity index (χ3n) is 1.85. The Labute approximate surface area is 105 Å². The van der Waals surface area contributed by atoms with Gasteiger partial charge in [0.25, 0.3) is 5.88 Å². The van der Waals surface area contributed by atoms with Crippen LogP contribution >= 0.6 is 15.9 Å². The molecule has 5 nitrogen and oxygen atoms in total. The highest BCUT2D eigenvalue weighted by Gasteiger charge is 2.09. The molecule has 0 atom stereocenters. The predicted molar refractivity (Wildman–Crippen MR) is 64.0 cm³/mol. The predicted octanol–water partition coefficient (Wildman–Crippen LogP) is 2.46. The first-order chi connectivity index (χ1) is 8.19. The van der Waals surface area contributed by atoms with Crippen LogP contribution in [0.15, 0.2) is 34.9 Å². The Morgan fingerprint density at radius 3 is 2.94 bits per heavy atom. The zero-order chi connectivity index (χ0) is 12.3. The van der Waals surface area contributed by atoms with Crippen LogP contribution in [0, 0.1) is 5.82 Å². The third kappa shape index (κ3) is 2.89. The molecule has 0 aliphatic rings. The Hall–Kier alpha value is -1.73. The van der Waals surface area contributed by atoms with Crippen molar-refractivity contribution in [3.05, 3.63) is 40.8 Å². The number of hydrogen-bond acceptors (Lipinski definition) is 5. The maximum absolute atomic E-state index is 13.4. The number of hydrogen-bond donors (Lipinski definition) is 2. The van der Waals surface area contributed by atoms with Crippen molar-refractivity contribution in [1.82, 2.24) is 9.97 Å². The molecule has 0 aliphatic carbocycles. The fourth-order valence-electron chi connectivity index (χ4n) is 1.13. The van der Waals surface area contributed by atoms with E-state index in [1.165, 1.54) is 0 Å². The molecular weight excluding hydrogens is 291 g/mol.